The molecule has 7 nitrogen and oxygen atoms in total. The number of benzene rings is 1. The lowest BCUT2D eigenvalue weighted by molar-refractivity contribution is -0.137. The van der Waals surface area contributed by atoms with Gasteiger partial charge >= 0.3 is 6.18 Å². The Kier molecular flexibility index (Phi) is 7.13. The van der Waals surface area contributed by atoms with Gasteiger partial charge in [-0.3, -0.25) is 9.59 Å². The van der Waals surface area contributed by atoms with Crippen molar-refractivity contribution in [3.63, 3.8) is 0 Å². The number of ketones is 2. The van der Waals surface area contributed by atoms with Crippen molar-refractivity contribution in [2.45, 2.75) is 62.7 Å². The normalized spacial score (nSPS) is 15.4. The van der Waals surface area contributed by atoms with Gasteiger partial charge in [0.05, 0.1) is 17.0 Å². The molecule has 2 aromatic heterocycles. The second-order valence-electron chi connectivity index (χ2n) is 10.3. The Morgan fingerprint density at radius 2 is 1.79 bits per heavy atom. The van der Waals surface area contributed by atoms with Crippen molar-refractivity contribution in [2.75, 3.05) is 6.61 Å². The van der Waals surface area contributed by atoms with Gasteiger partial charge in [-0.25, -0.2) is 13.4 Å². The topological polar surface area (TPSA) is 106 Å². The van der Waals surface area contributed by atoms with Crippen LogP contribution in [0.25, 0.3) is 0 Å². The number of nitrogens with zero attached hydrogens (tertiary/aromatic N) is 2. The van der Waals surface area contributed by atoms with E-state index in [1.165, 1.54) is 6.20 Å². The lowest BCUT2D eigenvalue weighted by Crippen LogP contribution is -2.29. The van der Waals surface area contributed by atoms with Crippen LogP contribution in [0.1, 0.15) is 58.7 Å². The molecule has 0 saturated heterocycles. The molecule has 2 heterocycles. The third kappa shape index (κ3) is 5.17. The van der Waals surface area contributed by atoms with Crippen molar-refractivity contribution in [2.24, 2.45) is 5.41 Å². The van der Waals surface area contributed by atoms with E-state index in [0.717, 1.165) is 12.1 Å². The molecule has 0 bridgehead atoms. The molecule has 38 heavy (non-hydrogen) atoms. The molecule has 1 aliphatic carbocycles. The van der Waals surface area contributed by atoms with E-state index in [1.54, 1.807) is 23.6 Å². The van der Waals surface area contributed by atoms with Crippen LogP contribution < -0.4 is 0 Å². The largest absolute Gasteiger partial charge is 0.416 e. The minimum absolute atomic E-state index is 0.00366. The zero-order valence-electron chi connectivity index (χ0n) is 21.1. The molecule has 0 unspecified atom stereocenters. The van der Waals surface area contributed by atoms with Crippen LogP contribution in [0.3, 0.4) is 0 Å². The number of hydrogen-bond acceptors (Lipinski definition) is 6. The van der Waals surface area contributed by atoms with Crippen LogP contribution in [-0.4, -0.2) is 41.2 Å². The van der Waals surface area contributed by atoms with Crippen molar-refractivity contribution in [3.8, 4) is 0 Å². The number of halogens is 3. The summed E-state index contributed by atoms with van der Waals surface area (Å²) in [5.74, 6) is -0.555. The van der Waals surface area contributed by atoms with E-state index in [1.807, 2.05) is 13.8 Å². The number of fused-ring (bicyclic) bond motifs is 1. The molecule has 1 N–H and O–H groups in total. The minimum atomic E-state index is -4.61. The summed E-state index contributed by atoms with van der Waals surface area (Å²) in [6, 6.07) is 6.28. The van der Waals surface area contributed by atoms with Gasteiger partial charge in [0.2, 0.25) is 9.84 Å². The van der Waals surface area contributed by atoms with Crippen LogP contribution >= 0.6 is 0 Å². The Bertz CT molecular complexity index is 1520. The monoisotopic (exact) mass is 548 g/mol. The van der Waals surface area contributed by atoms with Crippen LogP contribution in [0.2, 0.25) is 0 Å². The highest BCUT2D eigenvalue weighted by Gasteiger charge is 2.37. The maximum atomic E-state index is 13.4. The third-order valence-corrected chi connectivity index (χ3v) is 8.57. The predicted octanol–water partition coefficient (Wildman–Crippen LogP) is 4.35. The predicted molar refractivity (Wildman–Crippen MR) is 132 cm³/mol. The lowest BCUT2D eigenvalue weighted by Gasteiger charge is -2.30. The van der Waals surface area contributed by atoms with Crippen LogP contribution in [-0.2, 0) is 40.2 Å². The number of aliphatic hydroxyl groups is 1. The highest BCUT2D eigenvalue weighted by atomic mass is 32.2. The second-order valence-corrected chi connectivity index (χ2v) is 12.1. The average molecular weight is 549 g/mol. The molecule has 0 aliphatic heterocycles. The summed E-state index contributed by atoms with van der Waals surface area (Å²) in [4.78, 5) is 29.1. The number of carbonyl (C=O) groups is 2. The molecule has 0 spiro atoms. The first kappa shape index (κ1) is 27.7. The van der Waals surface area contributed by atoms with Gasteiger partial charge in [-0.15, -0.1) is 0 Å². The van der Waals surface area contributed by atoms with Gasteiger partial charge in [0, 0.05) is 36.0 Å². The highest BCUT2D eigenvalue weighted by molar-refractivity contribution is 7.91. The van der Waals surface area contributed by atoms with Gasteiger partial charge in [-0.05, 0) is 60.2 Å². The molecule has 11 heteroatoms. The zero-order valence-corrected chi connectivity index (χ0v) is 21.9. The lowest BCUT2D eigenvalue weighted by atomic mass is 9.75. The van der Waals surface area contributed by atoms with Crippen LogP contribution in [0.15, 0.2) is 52.5 Å². The molecule has 1 aromatic carbocycles. The summed E-state index contributed by atoms with van der Waals surface area (Å²) >= 11 is 0. The molecule has 0 amide bonds. The fourth-order valence-corrected chi connectivity index (χ4v) is 6.39. The fraction of sp³-hybridized carbons (Fsp3) is 0.370. The van der Waals surface area contributed by atoms with Crippen molar-refractivity contribution in [1.29, 1.82) is 0 Å². The molecule has 0 saturated carbocycles. The first-order valence-corrected chi connectivity index (χ1v) is 13.4. The van der Waals surface area contributed by atoms with Gasteiger partial charge in [0.15, 0.2) is 16.6 Å². The maximum Gasteiger partial charge on any atom is 0.416 e. The second kappa shape index (κ2) is 9.77. The molecular formula is C27H27F3N2O5S. The Morgan fingerprint density at radius 1 is 1.13 bits per heavy atom. The SMILES string of the molecule is Cc1c(Cc2cccnc2S(=O)(=O)c2ccc(C(F)(F)F)cc2)c2c(n1CC(=O)CO)CC(C)(C)CC2=O. The number of hydrogen-bond donors (Lipinski definition) is 1. The van der Waals surface area contributed by atoms with Crippen molar-refractivity contribution in [3.05, 3.63) is 76.2 Å². The van der Waals surface area contributed by atoms with Crippen LogP contribution in [0, 0.1) is 12.3 Å². The number of rotatable bonds is 7. The fourth-order valence-electron chi connectivity index (χ4n) is 4.99. The minimum Gasteiger partial charge on any atom is -0.389 e. The van der Waals surface area contributed by atoms with E-state index in [4.69, 9.17) is 0 Å². The highest BCUT2D eigenvalue weighted by Crippen LogP contribution is 2.40. The van der Waals surface area contributed by atoms with Gasteiger partial charge in [0.25, 0.3) is 0 Å². The maximum absolute atomic E-state index is 13.4. The first-order valence-electron chi connectivity index (χ1n) is 11.9. The van der Waals surface area contributed by atoms with Gasteiger partial charge < -0.3 is 9.67 Å². The van der Waals surface area contributed by atoms with Crippen LogP contribution in [0.4, 0.5) is 13.2 Å². The molecule has 202 valence electrons. The summed E-state index contributed by atoms with van der Waals surface area (Å²) in [6.45, 7) is 4.85. The summed E-state index contributed by atoms with van der Waals surface area (Å²) in [5.41, 5.74) is 1.21. The zero-order chi connectivity index (χ0) is 28.0. The van der Waals surface area contributed by atoms with E-state index in [-0.39, 0.29) is 46.1 Å². The molecule has 0 radical (unpaired) electrons. The van der Waals surface area contributed by atoms with Gasteiger partial charge in [-0.2, -0.15) is 13.2 Å². The van der Waals surface area contributed by atoms with E-state index < -0.39 is 34.0 Å². The van der Waals surface area contributed by atoms with Crippen molar-refractivity contribution >= 4 is 21.4 Å². The molecular weight excluding hydrogens is 521 g/mol. The third-order valence-electron chi connectivity index (χ3n) is 6.80. The first-order chi connectivity index (χ1) is 17.7. The quantitative estimate of drug-likeness (QED) is 0.471. The summed E-state index contributed by atoms with van der Waals surface area (Å²) in [7, 11) is -4.29. The summed E-state index contributed by atoms with van der Waals surface area (Å²) < 4.78 is 67.5. The van der Waals surface area contributed by atoms with Crippen molar-refractivity contribution in [1.82, 2.24) is 9.55 Å². The Balaban J connectivity index is 1.81. The average Bonchev–Trinajstić information content (AvgIpc) is 3.08. The number of pyridine rings is 1. The van der Waals surface area contributed by atoms with E-state index in [0.29, 0.717) is 41.1 Å². The van der Waals surface area contributed by atoms with E-state index in [9.17, 15) is 36.3 Å². The number of aliphatic hydroxyl groups excluding tert-OH is 1. The molecule has 0 atom stereocenters. The Hall–Kier alpha value is -3.31. The number of alkyl halides is 3. The molecule has 4 rings (SSSR count). The molecule has 3 aromatic rings. The summed E-state index contributed by atoms with van der Waals surface area (Å²) in [5, 5.41) is 8.99. The van der Waals surface area contributed by atoms with Gasteiger partial charge in [-0.1, -0.05) is 19.9 Å². The smallest absolute Gasteiger partial charge is 0.389 e. The molecule has 0 fully saturated rings. The Labute approximate surface area is 218 Å². The van der Waals surface area contributed by atoms with Crippen LogP contribution in [0.5, 0.6) is 0 Å². The number of carbonyl (C=O) groups excluding carboxylic acids is 2. The number of Topliss-reactive ketones (excluding diaryl/α,β-unsaturated/α-hetero) is 2. The Morgan fingerprint density at radius 3 is 2.39 bits per heavy atom. The van der Waals surface area contributed by atoms with E-state index in [2.05, 4.69) is 4.98 Å². The standard InChI is InChI=1S/C27H27F3N2O5S/c1-16-21(24-22(32(16)14-19(34)15-33)12-26(2,3)13-23(24)35)11-17-5-4-10-31-25(17)38(36,37)20-8-6-18(7-9-20)27(28,29)30/h4-10,33H,11-15H2,1-3H3. The van der Waals surface area contributed by atoms with E-state index >= 15 is 0 Å². The van der Waals surface area contributed by atoms with Gasteiger partial charge in [0.1, 0.15) is 6.61 Å². The van der Waals surface area contributed by atoms with Crippen molar-refractivity contribution < 1.29 is 36.3 Å². The summed E-state index contributed by atoms with van der Waals surface area (Å²) in [6.07, 6.45) is -2.54. The number of aromatic nitrogens is 2. The molecule has 1 aliphatic rings. The number of sulfone groups is 1.